The molecule has 0 radical (unpaired) electrons. The minimum Gasteiger partial charge on any atom is -0.494 e. The Balaban J connectivity index is 1.76. The van der Waals surface area contributed by atoms with Crippen LogP contribution < -0.4 is 15.2 Å². The summed E-state index contributed by atoms with van der Waals surface area (Å²) in [5, 5.41) is 0. The van der Waals surface area contributed by atoms with Gasteiger partial charge in [0.1, 0.15) is 18.1 Å². The van der Waals surface area contributed by atoms with E-state index in [1.165, 1.54) is 0 Å². The van der Waals surface area contributed by atoms with Gasteiger partial charge >= 0.3 is 0 Å². The van der Waals surface area contributed by atoms with Crippen molar-refractivity contribution in [1.29, 1.82) is 0 Å². The molecule has 4 heteroatoms. The molecule has 18 heavy (non-hydrogen) atoms. The van der Waals surface area contributed by atoms with Gasteiger partial charge in [-0.3, -0.25) is 0 Å². The summed E-state index contributed by atoms with van der Waals surface area (Å²) in [4.78, 5) is 0. The number of benzene rings is 1. The van der Waals surface area contributed by atoms with Crippen molar-refractivity contribution in [2.24, 2.45) is 5.73 Å². The first kappa shape index (κ1) is 13.2. The SMILES string of the molecule is CCOc1ccc(OCC2CCC(CN)O2)cc1. The van der Waals surface area contributed by atoms with E-state index in [2.05, 4.69) is 0 Å². The first-order valence-electron chi connectivity index (χ1n) is 6.53. The normalized spacial score (nSPS) is 23.0. The van der Waals surface area contributed by atoms with E-state index < -0.39 is 0 Å². The fourth-order valence-corrected chi connectivity index (χ4v) is 2.06. The van der Waals surface area contributed by atoms with E-state index in [1.807, 2.05) is 31.2 Å². The van der Waals surface area contributed by atoms with Crippen LogP contribution in [0.4, 0.5) is 0 Å². The molecule has 0 spiro atoms. The molecule has 0 aromatic heterocycles. The van der Waals surface area contributed by atoms with E-state index in [1.54, 1.807) is 0 Å². The molecule has 100 valence electrons. The molecule has 0 aliphatic carbocycles. The average Bonchev–Trinajstić information content (AvgIpc) is 2.86. The molecular formula is C14H21NO3. The molecule has 1 aromatic carbocycles. The maximum atomic E-state index is 5.72. The van der Waals surface area contributed by atoms with E-state index in [4.69, 9.17) is 19.9 Å². The van der Waals surface area contributed by atoms with Gasteiger partial charge in [0.25, 0.3) is 0 Å². The molecule has 0 amide bonds. The van der Waals surface area contributed by atoms with Crippen LogP contribution in [0.1, 0.15) is 19.8 Å². The van der Waals surface area contributed by atoms with Crippen molar-refractivity contribution in [3.8, 4) is 11.5 Å². The smallest absolute Gasteiger partial charge is 0.119 e. The summed E-state index contributed by atoms with van der Waals surface area (Å²) in [5.74, 6) is 1.71. The van der Waals surface area contributed by atoms with Crippen LogP contribution in [-0.4, -0.2) is 32.0 Å². The summed E-state index contributed by atoms with van der Waals surface area (Å²) >= 11 is 0. The van der Waals surface area contributed by atoms with Crippen molar-refractivity contribution in [3.63, 3.8) is 0 Å². The van der Waals surface area contributed by atoms with Crippen LogP contribution in [0.5, 0.6) is 11.5 Å². The van der Waals surface area contributed by atoms with Gasteiger partial charge in [-0.2, -0.15) is 0 Å². The van der Waals surface area contributed by atoms with Gasteiger partial charge < -0.3 is 19.9 Å². The van der Waals surface area contributed by atoms with Crippen molar-refractivity contribution < 1.29 is 14.2 Å². The fraction of sp³-hybridized carbons (Fsp3) is 0.571. The Morgan fingerprint density at radius 2 is 1.72 bits per heavy atom. The number of ether oxygens (including phenoxy) is 3. The molecule has 1 saturated heterocycles. The lowest BCUT2D eigenvalue weighted by Crippen LogP contribution is -2.23. The van der Waals surface area contributed by atoms with Crippen LogP contribution in [0.2, 0.25) is 0 Å². The largest absolute Gasteiger partial charge is 0.494 e. The molecule has 2 unspecified atom stereocenters. The van der Waals surface area contributed by atoms with E-state index in [-0.39, 0.29) is 12.2 Å². The van der Waals surface area contributed by atoms with Gasteiger partial charge in [-0.25, -0.2) is 0 Å². The van der Waals surface area contributed by atoms with Gasteiger partial charge in [0.2, 0.25) is 0 Å². The third-order valence-corrected chi connectivity index (χ3v) is 3.03. The lowest BCUT2D eigenvalue weighted by Gasteiger charge is -2.13. The Morgan fingerprint density at radius 1 is 1.11 bits per heavy atom. The molecule has 1 heterocycles. The maximum absolute atomic E-state index is 5.72. The molecule has 0 bridgehead atoms. The molecule has 1 fully saturated rings. The Bertz CT molecular complexity index is 353. The zero-order chi connectivity index (χ0) is 12.8. The number of hydrogen-bond donors (Lipinski definition) is 1. The Hall–Kier alpha value is -1.26. The van der Waals surface area contributed by atoms with Crippen LogP contribution in [0.3, 0.4) is 0 Å². The first-order chi connectivity index (χ1) is 8.81. The third-order valence-electron chi connectivity index (χ3n) is 3.03. The summed E-state index contributed by atoms with van der Waals surface area (Å²) in [6.07, 6.45) is 2.44. The van der Waals surface area contributed by atoms with Crippen LogP contribution in [0, 0.1) is 0 Å². The molecule has 4 nitrogen and oxygen atoms in total. The summed E-state index contributed by atoms with van der Waals surface area (Å²) in [7, 11) is 0. The van der Waals surface area contributed by atoms with Crippen molar-refractivity contribution in [2.75, 3.05) is 19.8 Å². The van der Waals surface area contributed by atoms with Gasteiger partial charge in [0, 0.05) is 6.54 Å². The van der Waals surface area contributed by atoms with Gasteiger partial charge in [-0.05, 0) is 44.0 Å². The van der Waals surface area contributed by atoms with Gasteiger partial charge in [-0.1, -0.05) is 0 Å². The van der Waals surface area contributed by atoms with E-state index in [0.717, 1.165) is 24.3 Å². The highest BCUT2D eigenvalue weighted by molar-refractivity contribution is 5.31. The lowest BCUT2D eigenvalue weighted by atomic mass is 10.2. The standard InChI is InChI=1S/C14H21NO3/c1-2-16-11-3-5-12(6-4-11)17-10-14-8-7-13(9-15)18-14/h3-6,13-14H,2,7-10,15H2,1H3. The molecule has 2 rings (SSSR count). The fourth-order valence-electron chi connectivity index (χ4n) is 2.06. The third kappa shape index (κ3) is 3.62. The highest BCUT2D eigenvalue weighted by Crippen LogP contribution is 2.21. The van der Waals surface area contributed by atoms with Crippen LogP contribution in [-0.2, 0) is 4.74 Å². The minimum absolute atomic E-state index is 0.171. The molecule has 1 aliphatic heterocycles. The monoisotopic (exact) mass is 251 g/mol. The second-order valence-electron chi connectivity index (χ2n) is 4.41. The predicted molar refractivity (Wildman–Crippen MR) is 70.1 cm³/mol. The highest BCUT2D eigenvalue weighted by Gasteiger charge is 2.24. The van der Waals surface area contributed by atoms with E-state index in [0.29, 0.717) is 19.8 Å². The van der Waals surface area contributed by atoms with E-state index in [9.17, 15) is 0 Å². The first-order valence-corrected chi connectivity index (χ1v) is 6.53. The number of nitrogens with two attached hydrogens (primary N) is 1. The average molecular weight is 251 g/mol. The molecular weight excluding hydrogens is 230 g/mol. The van der Waals surface area contributed by atoms with Gasteiger partial charge in [0.15, 0.2) is 0 Å². The quantitative estimate of drug-likeness (QED) is 0.840. The topological polar surface area (TPSA) is 53.7 Å². The Morgan fingerprint density at radius 3 is 2.28 bits per heavy atom. The second kappa shape index (κ2) is 6.61. The Labute approximate surface area is 108 Å². The molecule has 1 aromatic rings. The van der Waals surface area contributed by atoms with Gasteiger partial charge in [0.05, 0.1) is 18.8 Å². The van der Waals surface area contributed by atoms with Crippen LogP contribution in [0.15, 0.2) is 24.3 Å². The lowest BCUT2D eigenvalue weighted by molar-refractivity contribution is 0.0222. The zero-order valence-corrected chi connectivity index (χ0v) is 10.8. The zero-order valence-electron chi connectivity index (χ0n) is 10.8. The molecule has 1 aliphatic rings. The molecule has 0 saturated carbocycles. The summed E-state index contributed by atoms with van der Waals surface area (Å²) in [5.41, 5.74) is 5.57. The highest BCUT2D eigenvalue weighted by atomic mass is 16.5. The van der Waals surface area contributed by atoms with Crippen LogP contribution in [0.25, 0.3) is 0 Å². The van der Waals surface area contributed by atoms with Crippen molar-refractivity contribution in [2.45, 2.75) is 32.0 Å². The van der Waals surface area contributed by atoms with Crippen molar-refractivity contribution in [1.82, 2.24) is 0 Å². The minimum atomic E-state index is 0.171. The maximum Gasteiger partial charge on any atom is 0.119 e. The van der Waals surface area contributed by atoms with Crippen molar-refractivity contribution in [3.05, 3.63) is 24.3 Å². The number of rotatable bonds is 6. The number of hydrogen-bond acceptors (Lipinski definition) is 4. The molecule has 2 N–H and O–H groups in total. The Kier molecular flexibility index (Phi) is 4.84. The predicted octanol–water partition coefficient (Wildman–Crippen LogP) is 1.97. The van der Waals surface area contributed by atoms with E-state index >= 15 is 0 Å². The van der Waals surface area contributed by atoms with Gasteiger partial charge in [-0.15, -0.1) is 0 Å². The summed E-state index contributed by atoms with van der Waals surface area (Å²) in [6.45, 7) is 3.83. The summed E-state index contributed by atoms with van der Waals surface area (Å²) < 4.78 is 16.8. The van der Waals surface area contributed by atoms with Crippen molar-refractivity contribution >= 4 is 0 Å². The molecule has 2 atom stereocenters. The summed E-state index contributed by atoms with van der Waals surface area (Å²) in [6, 6.07) is 7.66. The van der Waals surface area contributed by atoms with Crippen LogP contribution >= 0.6 is 0 Å². The second-order valence-corrected chi connectivity index (χ2v) is 4.41.